The fraction of sp³-hybridized carbons (Fsp3) is 0.286. The van der Waals surface area contributed by atoms with Crippen molar-refractivity contribution in [2.24, 2.45) is 5.73 Å². The van der Waals surface area contributed by atoms with Crippen molar-refractivity contribution in [3.05, 3.63) is 42.5 Å². The Morgan fingerprint density at radius 3 is 2.43 bits per heavy atom. The largest absolute Gasteiger partial charge is 0.508 e. The van der Waals surface area contributed by atoms with Crippen molar-refractivity contribution in [2.45, 2.75) is 18.7 Å². The Hall–Kier alpha value is -2.38. The highest BCUT2D eigenvalue weighted by Gasteiger charge is 2.21. The van der Waals surface area contributed by atoms with Crippen LogP contribution in [0.3, 0.4) is 0 Å². The van der Waals surface area contributed by atoms with E-state index in [4.69, 9.17) is 5.73 Å². The summed E-state index contributed by atoms with van der Waals surface area (Å²) in [4.78, 5) is 23.4. The lowest BCUT2D eigenvalue weighted by atomic mass is 10.0. The molecular weight excluding hydrogens is 274 g/mol. The molecule has 2 amide bonds. The minimum Gasteiger partial charge on any atom is -0.508 e. The highest BCUT2D eigenvalue weighted by molar-refractivity contribution is 5.88. The molecule has 0 saturated carbocycles. The Bertz CT molecular complexity index is 501. The molecule has 0 radical (unpaired) electrons. The summed E-state index contributed by atoms with van der Waals surface area (Å²) in [6.45, 7) is 3.10. The van der Waals surface area contributed by atoms with Gasteiger partial charge in [-0.3, -0.25) is 9.59 Å². The van der Waals surface area contributed by atoms with Crippen LogP contribution in [0.25, 0.3) is 0 Å². The van der Waals surface area contributed by atoms with E-state index in [9.17, 15) is 19.8 Å². The molecule has 0 bridgehead atoms. The topological polar surface area (TPSA) is 125 Å². The van der Waals surface area contributed by atoms with E-state index in [2.05, 4.69) is 17.2 Å². The number of rotatable bonds is 7. The zero-order valence-corrected chi connectivity index (χ0v) is 11.5. The number of carbonyl (C=O) groups excluding carboxylic acids is 2. The van der Waals surface area contributed by atoms with Gasteiger partial charge in [0, 0.05) is 6.42 Å². The zero-order chi connectivity index (χ0) is 15.8. The van der Waals surface area contributed by atoms with Crippen LogP contribution in [0.5, 0.6) is 5.75 Å². The molecule has 0 unspecified atom stereocenters. The Morgan fingerprint density at radius 2 is 1.90 bits per heavy atom. The minimum atomic E-state index is -1.20. The lowest BCUT2D eigenvalue weighted by Crippen LogP contribution is -2.51. The van der Waals surface area contributed by atoms with Crippen molar-refractivity contribution in [1.29, 1.82) is 0 Å². The van der Waals surface area contributed by atoms with Gasteiger partial charge in [0.25, 0.3) is 0 Å². The van der Waals surface area contributed by atoms with Gasteiger partial charge in [-0.2, -0.15) is 0 Å². The first-order valence-corrected chi connectivity index (χ1v) is 6.34. The zero-order valence-electron chi connectivity index (χ0n) is 11.5. The highest BCUT2D eigenvalue weighted by Crippen LogP contribution is 2.11. The second-order valence-electron chi connectivity index (χ2n) is 4.38. The van der Waals surface area contributed by atoms with Crippen LogP contribution in [0.4, 0.5) is 0 Å². The van der Waals surface area contributed by atoms with E-state index in [0.717, 1.165) is 11.6 Å². The third kappa shape index (κ3) is 5.64. The number of aliphatic hydroxyl groups excluding tert-OH is 1. The monoisotopic (exact) mass is 293 g/mol. The number of benzene rings is 1. The number of hydrogen-bond donors (Lipinski definition) is 5. The number of aromatic hydroxyl groups is 1. The van der Waals surface area contributed by atoms with Crippen molar-refractivity contribution < 1.29 is 19.8 Å². The molecule has 1 rings (SSSR count). The van der Waals surface area contributed by atoms with Gasteiger partial charge < -0.3 is 26.6 Å². The lowest BCUT2D eigenvalue weighted by Gasteiger charge is -2.19. The Labute approximate surface area is 122 Å². The Morgan fingerprint density at radius 1 is 1.29 bits per heavy atom. The summed E-state index contributed by atoms with van der Waals surface area (Å²) in [5.74, 6) is -0.938. The van der Waals surface area contributed by atoms with Crippen molar-refractivity contribution >= 4 is 11.8 Å². The van der Waals surface area contributed by atoms with Gasteiger partial charge in [0.05, 0.1) is 6.54 Å². The fourth-order valence-electron chi connectivity index (χ4n) is 1.64. The van der Waals surface area contributed by atoms with Crippen LogP contribution < -0.4 is 16.4 Å². The lowest BCUT2D eigenvalue weighted by molar-refractivity contribution is -0.129. The van der Waals surface area contributed by atoms with E-state index in [0.29, 0.717) is 0 Å². The molecule has 0 aliphatic heterocycles. The van der Waals surface area contributed by atoms with Crippen LogP contribution in [0, 0.1) is 0 Å². The van der Waals surface area contributed by atoms with Gasteiger partial charge in [-0.1, -0.05) is 18.7 Å². The summed E-state index contributed by atoms with van der Waals surface area (Å²) in [5, 5.41) is 23.3. The number of hydrogen-bond acceptors (Lipinski definition) is 5. The van der Waals surface area contributed by atoms with Gasteiger partial charge in [-0.25, -0.2) is 0 Å². The van der Waals surface area contributed by atoms with Crippen molar-refractivity contribution in [3.63, 3.8) is 0 Å². The maximum absolute atomic E-state index is 12.0. The fourth-order valence-corrected chi connectivity index (χ4v) is 1.64. The predicted molar refractivity (Wildman–Crippen MR) is 77.1 cm³/mol. The molecular formula is C14H19N3O4. The summed E-state index contributed by atoms with van der Waals surface area (Å²) < 4.78 is 0. The number of nitrogens with one attached hydrogen (secondary N) is 2. The number of phenolic OH excluding ortho intramolecular Hbond substituents is 1. The molecule has 21 heavy (non-hydrogen) atoms. The van der Waals surface area contributed by atoms with Crippen LogP contribution in [-0.2, 0) is 16.0 Å². The van der Waals surface area contributed by atoms with E-state index >= 15 is 0 Å². The van der Waals surface area contributed by atoms with Gasteiger partial charge in [-0.05, 0) is 23.8 Å². The molecule has 0 fully saturated rings. The molecule has 7 nitrogen and oxygen atoms in total. The number of phenols is 1. The third-order valence-electron chi connectivity index (χ3n) is 2.73. The minimum absolute atomic E-state index is 0.104. The number of nitrogens with two attached hydrogens (primary N) is 1. The van der Waals surface area contributed by atoms with Crippen LogP contribution >= 0.6 is 0 Å². The summed E-state index contributed by atoms with van der Waals surface area (Å²) >= 11 is 0. The first-order valence-electron chi connectivity index (χ1n) is 6.34. The molecule has 0 aromatic heterocycles. The van der Waals surface area contributed by atoms with Crippen molar-refractivity contribution in [2.75, 3.05) is 6.54 Å². The molecule has 1 aromatic carbocycles. The van der Waals surface area contributed by atoms with E-state index in [1.807, 2.05) is 0 Å². The second-order valence-corrected chi connectivity index (χ2v) is 4.38. The summed E-state index contributed by atoms with van der Waals surface area (Å²) in [5.41, 5.74) is 5.95. The first kappa shape index (κ1) is 16.7. The number of aliphatic hydroxyl groups is 1. The predicted octanol–water partition coefficient (Wildman–Crippen LogP) is -1.00. The maximum Gasteiger partial charge on any atom is 0.245 e. The van der Waals surface area contributed by atoms with E-state index in [1.165, 1.54) is 12.1 Å². The van der Waals surface area contributed by atoms with Crippen LogP contribution in [0.1, 0.15) is 5.56 Å². The van der Waals surface area contributed by atoms with Crippen LogP contribution in [0.2, 0.25) is 0 Å². The van der Waals surface area contributed by atoms with Crippen molar-refractivity contribution in [3.8, 4) is 5.75 Å². The van der Waals surface area contributed by atoms with Gasteiger partial charge in [0.1, 0.15) is 18.0 Å². The number of amides is 2. The van der Waals surface area contributed by atoms with Crippen LogP contribution in [-0.4, -0.2) is 40.8 Å². The Balaban J connectivity index is 2.80. The molecule has 7 heteroatoms. The van der Waals surface area contributed by atoms with Gasteiger partial charge >= 0.3 is 0 Å². The summed E-state index contributed by atoms with van der Waals surface area (Å²) in [6, 6.07) is 5.34. The average Bonchev–Trinajstić information content (AvgIpc) is 2.48. The third-order valence-corrected chi connectivity index (χ3v) is 2.73. The molecule has 0 saturated heterocycles. The van der Waals surface area contributed by atoms with E-state index in [-0.39, 0.29) is 18.7 Å². The molecule has 1 aromatic rings. The molecule has 6 N–H and O–H groups in total. The van der Waals surface area contributed by atoms with Crippen LogP contribution in [0.15, 0.2) is 36.9 Å². The quantitative estimate of drug-likeness (QED) is 0.326. The molecule has 0 heterocycles. The summed E-state index contributed by atoms with van der Waals surface area (Å²) in [6.07, 6.45) is 0.150. The standard InChI is InChI=1S/C14H19N3O4/c1-2-12(19)17-14(21)11(16-13(20)8-15)7-9-3-5-10(18)6-4-9/h2-6,11-12,18-19H,1,7-8,15H2,(H,16,20)(H,17,21)/t11-,12+/m0/s1. The maximum atomic E-state index is 12.0. The van der Waals surface area contributed by atoms with Gasteiger partial charge in [0.2, 0.25) is 11.8 Å². The highest BCUT2D eigenvalue weighted by atomic mass is 16.3. The van der Waals surface area contributed by atoms with E-state index < -0.39 is 24.1 Å². The average molecular weight is 293 g/mol. The molecule has 0 aliphatic carbocycles. The van der Waals surface area contributed by atoms with Gasteiger partial charge in [0.15, 0.2) is 0 Å². The Kier molecular flexibility index (Phi) is 6.38. The van der Waals surface area contributed by atoms with Crippen molar-refractivity contribution in [1.82, 2.24) is 10.6 Å². The molecule has 0 spiro atoms. The summed E-state index contributed by atoms with van der Waals surface area (Å²) in [7, 11) is 0. The first-order chi connectivity index (χ1) is 9.96. The van der Waals surface area contributed by atoms with Gasteiger partial charge in [-0.15, -0.1) is 0 Å². The molecule has 0 aliphatic rings. The van der Waals surface area contributed by atoms with E-state index in [1.54, 1.807) is 12.1 Å². The normalized spacial score (nSPS) is 13.0. The second kappa shape index (κ2) is 8.03. The molecule has 2 atom stereocenters. The number of carbonyl (C=O) groups is 2. The smallest absolute Gasteiger partial charge is 0.245 e. The SMILES string of the molecule is C=C[C@@H](O)NC(=O)[C@H](Cc1ccc(O)cc1)NC(=O)CN. The molecule has 114 valence electrons.